The number of nitrogens with one attached hydrogen (secondary N) is 1. The van der Waals surface area contributed by atoms with E-state index in [-0.39, 0.29) is 0 Å². The second-order valence-corrected chi connectivity index (χ2v) is 4.31. The number of rotatable bonds is 3. The van der Waals surface area contributed by atoms with Crippen molar-refractivity contribution in [3.05, 3.63) is 40.7 Å². The van der Waals surface area contributed by atoms with Crippen LogP contribution in [0, 0.1) is 0 Å². The lowest BCUT2D eigenvalue weighted by atomic mass is 10.5. The molecule has 0 atom stereocenters. The number of hydrogen-bond acceptors (Lipinski definition) is 5. The fourth-order valence-electron chi connectivity index (χ4n) is 1.42. The van der Waals surface area contributed by atoms with E-state index in [4.69, 9.17) is 4.42 Å². The second kappa shape index (κ2) is 3.94. The van der Waals surface area contributed by atoms with Crippen LogP contribution in [-0.2, 0) is 6.54 Å². The minimum atomic E-state index is 0.516. The van der Waals surface area contributed by atoms with Gasteiger partial charge in [0.2, 0.25) is 5.65 Å². The number of thiophene rings is 1. The van der Waals surface area contributed by atoms with Gasteiger partial charge in [0.15, 0.2) is 5.58 Å². The summed E-state index contributed by atoms with van der Waals surface area (Å²) in [7, 11) is 0. The fourth-order valence-corrected chi connectivity index (χ4v) is 2.07. The van der Waals surface area contributed by atoms with Gasteiger partial charge in [0.25, 0.3) is 6.01 Å². The Bertz CT molecular complexity index is 555. The molecule has 3 heterocycles. The average Bonchev–Trinajstić information content (AvgIpc) is 2.95. The van der Waals surface area contributed by atoms with E-state index < -0.39 is 0 Å². The predicted molar refractivity (Wildman–Crippen MR) is 63.4 cm³/mol. The molecule has 0 aliphatic rings. The lowest BCUT2D eigenvalue weighted by molar-refractivity contribution is 0.614. The van der Waals surface area contributed by atoms with E-state index in [1.54, 1.807) is 17.5 Å². The number of aromatic nitrogens is 2. The zero-order chi connectivity index (χ0) is 10.8. The molecule has 0 bridgehead atoms. The van der Waals surface area contributed by atoms with Crippen molar-refractivity contribution in [3.63, 3.8) is 0 Å². The van der Waals surface area contributed by atoms with Gasteiger partial charge < -0.3 is 9.73 Å². The summed E-state index contributed by atoms with van der Waals surface area (Å²) >= 11 is 1.70. The van der Waals surface area contributed by atoms with E-state index in [0.717, 1.165) is 6.54 Å². The Morgan fingerprint density at radius 3 is 3.12 bits per heavy atom. The summed E-state index contributed by atoms with van der Waals surface area (Å²) < 4.78 is 5.49. The number of fused-ring (bicyclic) bond motifs is 1. The number of oxazole rings is 1. The highest BCUT2D eigenvalue weighted by Crippen LogP contribution is 2.17. The van der Waals surface area contributed by atoms with Gasteiger partial charge in [0.1, 0.15) is 0 Å². The van der Waals surface area contributed by atoms with Crippen LogP contribution in [0.25, 0.3) is 11.2 Å². The van der Waals surface area contributed by atoms with Crippen molar-refractivity contribution in [2.75, 3.05) is 5.32 Å². The largest absolute Gasteiger partial charge is 0.422 e. The maximum atomic E-state index is 5.49. The van der Waals surface area contributed by atoms with Crippen molar-refractivity contribution in [3.8, 4) is 0 Å². The van der Waals surface area contributed by atoms with Crippen molar-refractivity contribution >= 4 is 28.6 Å². The van der Waals surface area contributed by atoms with Crippen LogP contribution in [0.5, 0.6) is 0 Å². The van der Waals surface area contributed by atoms with Crippen LogP contribution in [0.1, 0.15) is 4.88 Å². The normalized spacial score (nSPS) is 10.8. The predicted octanol–water partition coefficient (Wildman–Crippen LogP) is 2.90. The summed E-state index contributed by atoms with van der Waals surface area (Å²) in [6.07, 6.45) is 1.70. The van der Waals surface area contributed by atoms with Crippen molar-refractivity contribution in [1.82, 2.24) is 9.97 Å². The minimum absolute atomic E-state index is 0.516. The summed E-state index contributed by atoms with van der Waals surface area (Å²) in [5, 5.41) is 5.18. The van der Waals surface area contributed by atoms with Gasteiger partial charge in [-0.05, 0) is 23.6 Å². The molecular weight excluding hydrogens is 222 g/mol. The van der Waals surface area contributed by atoms with Crippen molar-refractivity contribution in [2.24, 2.45) is 0 Å². The third-order valence-corrected chi connectivity index (χ3v) is 3.04. The molecule has 0 radical (unpaired) electrons. The van der Waals surface area contributed by atoms with Gasteiger partial charge in [-0.2, -0.15) is 4.98 Å². The number of pyridine rings is 1. The van der Waals surface area contributed by atoms with Crippen LogP contribution >= 0.6 is 11.3 Å². The smallest absolute Gasteiger partial charge is 0.297 e. The highest BCUT2D eigenvalue weighted by molar-refractivity contribution is 7.09. The third-order valence-electron chi connectivity index (χ3n) is 2.16. The molecule has 0 aliphatic heterocycles. The first-order valence-corrected chi connectivity index (χ1v) is 5.77. The monoisotopic (exact) mass is 231 g/mol. The van der Waals surface area contributed by atoms with Gasteiger partial charge in [-0.1, -0.05) is 6.07 Å². The van der Waals surface area contributed by atoms with E-state index >= 15 is 0 Å². The van der Waals surface area contributed by atoms with Crippen molar-refractivity contribution in [2.45, 2.75) is 6.54 Å². The first-order valence-electron chi connectivity index (χ1n) is 4.89. The first kappa shape index (κ1) is 9.35. The quantitative estimate of drug-likeness (QED) is 0.753. The van der Waals surface area contributed by atoms with E-state index in [2.05, 4.69) is 21.4 Å². The molecule has 3 aromatic heterocycles. The second-order valence-electron chi connectivity index (χ2n) is 3.28. The van der Waals surface area contributed by atoms with Crippen molar-refractivity contribution < 1.29 is 4.42 Å². The lowest BCUT2D eigenvalue weighted by Crippen LogP contribution is -1.96. The van der Waals surface area contributed by atoms with E-state index in [9.17, 15) is 0 Å². The summed E-state index contributed by atoms with van der Waals surface area (Å²) in [5.41, 5.74) is 1.34. The number of anilines is 1. The Hall–Kier alpha value is -1.88. The van der Waals surface area contributed by atoms with E-state index in [1.807, 2.05) is 23.6 Å². The van der Waals surface area contributed by atoms with Crippen LogP contribution in [-0.4, -0.2) is 9.97 Å². The summed E-state index contributed by atoms with van der Waals surface area (Å²) in [5.74, 6) is 0. The zero-order valence-electron chi connectivity index (χ0n) is 8.38. The van der Waals surface area contributed by atoms with Crippen LogP contribution in [0.15, 0.2) is 40.3 Å². The van der Waals surface area contributed by atoms with Gasteiger partial charge in [0.05, 0.1) is 6.54 Å². The molecule has 80 valence electrons. The Balaban J connectivity index is 1.79. The summed E-state index contributed by atoms with van der Waals surface area (Å²) in [4.78, 5) is 9.58. The molecule has 16 heavy (non-hydrogen) atoms. The first-order chi connectivity index (χ1) is 7.92. The van der Waals surface area contributed by atoms with Gasteiger partial charge in [-0.15, -0.1) is 11.3 Å². The molecule has 0 fully saturated rings. The van der Waals surface area contributed by atoms with Crippen LogP contribution in [0.4, 0.5) is 6.01 Å². The summed E-state index contributed by atoms with van der Waals surface area (Å²) in [6, 6.07) is 8.29. The molecular formula is C11H9N3OS. The molecule has 4 nitrogen and oxygen atoms in total. The van der Waals surface area contributed by atoms with Crippen LogP contribution < -0.4 is 5.32 Å². The Morgan fingerprint density at radius 2 is 2.31 bits per heavy atom. The Morgan fingerprint density at radius 1 is 1.31 bits per heavy atom. The molecule has 0 amide bonds. The SMILES string of the molecule is c1csc(CNc2nc3ncccc3o2)c1. The Labute approximate surface area is 96.0 Å². The highest BCUT2D eigenvalue weighted by atomic mass is 32.1. The number of nitrogens with zero attached hydrogens (tertiary/aromatic N) is 2. The average molecular weight is 231 g/mol. The topological polar surface area (TPSA) is 51.0 Å². The number of hydrogen-bond donors (Lipinski definition) is 1. The maximum Gasteiger partial charge on any atom is 0.297 e. The zero-order valence-corrected chi connectivity index (χ0v) is 9.20. The molecule has 3 aromatic rings. The molecule has 3 rings (SSSR count). The summed E-state index contributed by atoms with van der Waals surface area (Å²) in [6.45, 7) is 0.727. The standard InChI is InChI=1S/C11H9N3OS/c1-4-9-10(12-5-1)14-11(15-9)13-7-8-3-2-6-16-8/h1-6H,7H2,(H,12,13,14). The van der Waals surface area contributed by atoms with E-state index in [0.29, 0.717) is 17.2 Å². The Kier molecular flexibility index (Phi) is 2.30. The molecule has 0 saturated carbocycles. The molecule has 0 unspecified atom stereocenters. The van der Waals surface area contributed by atoms with Crippen LogP contribution in [0.2, 0.25) is 0 Å². The minimum Gasteiger partial charge on any atom is -0.422 e. The van der Waals surface area contributed by atoms with E-state index in [1.165, 1.54) is 4.88 Å². The molecule has 5 heteroatoms. The van der Waals surface area contributed by atoms with Gasteiger partial charge in [-0.25, -0.2) is 4.98 Å². The van der Waals surface area contributed by atoms with Crippen LogP contribution in [0.3, 0.4) is 0 Å². The molecule has 1 N–H and O–H groups in total. The lowest BCUT2D eigenvalue weighted by Gasteiger charge is -1.96. The van der Waals surface area contributed by atoms with Gasteiger partial charge in [-0.3, -0.25) is 0 Å². The maximum absolute atomic E-state index is 5.49. The molecule has 0 aromatic carbocycles. The molecule has 0 aliphatic carbocycles. The third kappa shape index (κ3) is 1.77. The fraction of sp³-hybridized carbons (Fsp3) is 0.0909. The van der Waals surface area contributed by atoms with Gasteiger partial charge >= 0.3 is 0 Å². The van der Waals surface area contributed by atoms with Gasteiger partial charge in [0, 0.05) is 11.1 Å². The van der Waals surface area contributed by atoms with Crippen molar-refractivity contribution in [1.29, 1.82) is 0 Å². The molecule has 0 saturated heterocycles. The highest BCUT2D eigenvalue weighted by Gasteiger charge is 2.05. The molecule has 0 spiro atoms.